The van der Waals surface area contributed by atoms with E-state index in [1.54, 1.807) is 36.4 Å². The fourth-order valence-electron chi connectivity index (χ4n) is 2.95. The fourth-order valence-corrected chi connectivity index (χ4v) is 3.15. The van der Waals surface area contributed by atoms with E-state index < -0.39 is 12.1 Å². The van der Waals surface area contributed by atoms with Crippen LogP contribution in [0.5, 0.6) is 0 Å². The number of aliphatic hydroxyl groups excluding tert-OH is 1. The summed E-state index contributed by atoms with van der Waals surface area (Å²) in [5.74, 6) is -0.926. The molecule has 0 spiro atoms. The highest BCUT2D eigenvalue weighted by molar-refractivity contribution is 6.30. The number of carbonyl (C=O) groups is 1. The predicted octanol–water partition coefficient (Wildman–Crippen LogP) is 4.86. The largest absolute Gasteiger partial charge is 0.478 e. The van der Waals surface area contributed by atoms with E-state index >= 15 is 0 Å². The van der Waals surface area contributed by atoms with E-state index in [9.17, 15) is 9.90 Å². The lowest BCUT2D eigenvalue weighted by atomic mass is 10.0. The van der Waals surface area contributed by atoms with Gasteiger partial charge in [-0.05, 0) is 53.1 Å². The lowest BCUT2D eigenvalue weighted by molar-refractivity contribution is 0.0697. The van der Waals surface area contributed by atoms with Crippen molar-refractivity contribution in [1.29, 1.82) is 0 Å². The molecule has 4 N–H and O–H groups in total. The minimum atomic E-state index is -0.926. The van der Waals surface area contributed by atoms with Crippen LogP contribution < -0.4 is 10.6 Å². The number of halogens is 2. The van der Waals surface area contributed by atoms with Crippen LogP contribution in [0.25, 0.3) is 11.1 Å². The van der Waals surface area contributed by atoms with Gasteiger partial charge in [-0.2, -0.15) is 0 Å². The molecule has 0 saturated heterocycles. The van der Waals surface area contributed by atoms with E-state index in [1.165, 1.54) is 0 Å². The smallest absolute Gasteiger partial charge is 0.335 e. The number of aromatic carboxylic acids is 1. The Morgan fingerprint density at radius 2 is 1.57 bits per heavy atom. The third-order valence-corrected chi connectivity index (χ3v) is 4.79. The van der Waals surface area contributed by atoms with E-state index in [0.717, 1.165) is 28.9 Å². The zero-order chi connectivity index (χ0) is 20.6. The van der Waals surface area contributed by atoms with Gasteiger partial charge in [0.15, 0.2) is 0 Å². The number of carboxylic acid groups (broad SMARTS) is 1. The minimum absolute atomic E-state index is 0. The van der Waals surface area contributed by atoms with Crippen LogP contribution in [0, 0.1) is 0 Å². The minimum Gasteiger partial charge on any atom is -0.478 e. The first kappa shape index (κ1) is 23.7. The summed E-state index contributed by atoms with van der Waals surface area (Å²) in [6, 6.07) is 22.0. The van der Waals surface area contributed by atoms with Crippen LogP contribution >= 0.6 is 24.0 Å². The van der Waals surface area contributed by atoms with Gasteiger partial charge in [0.2, 0.25) is 0 Å². The summed E-state index contributed by atoms with van der Waals surface area (Å²) in [6.45, 7) is 1.87. The van der Waals surface area contributed by atoms with Crippen molar-refractivity contribution in [2.45, 2.75) is 6.10 Å². The van der Waals surface area contributed by atoms with Crippen molar-refractivity contribution in [2.75, 3.05) is 25.0 Å². The number of hydrogen-bond donors (Lipinski definition) is 4. The first-order valence-electron chi connectivity index (χ1n) is 9.35. The van der Waals surface area contributed by atoms with Gasteiger partial charge in [-0.3, -0.25) is 0 Å². The molecule has 0 aliphatic rings. The Kier molecular flexibility index (Phi) is 9.15. The summed E-state index contributed by atoms with van der Waals surface area (Å²) >= 11 is 5.95. The van der Waals surface area contributed by atoms with Gasteiger partial charge in [-0.15, -0.1) is 12.4 Å². The van der Waals surface area contributed by atoms with Crippen LogP contribution in [-0.2, 0) is 0 Å². The second-order valence-electron chi connectivity index (χ2n) is 6.66. The maximum atomic E-state index is 10.9. The maximum Gasteiger partial charge on any atom is 0.335 e. The highest BCUT2D eigenvalue weighted by Gasteiger charge is 2.07. The van der Waals surface area contributed by atoms with Crippen LogP contribution in [-0.4, -0.2) is 35.8 Å². The summed E-state index contributed by atoms with van der Waals surface area (Å²) < 4.78 is 0. The first-order chi connectivity index (χ1) is 14.0. The van der Waals surface area contributed by atoms with Gasteiger partial charge in [0.1, 0.15) is 0 Å². The molecule has 3 aromatic rings. The van der Waals surface area contributed by atoms with E-state index in [1.807, 2.05) is 36.4 Å². The van der Waals surface area contributed by atoms with Gasteiger partial charge in [0.05, 0.1) is 11.7 Å². The van der Waals surface area contributed by atoms with Crippen molar-refractivity contribution in [1.82, 2.24) is 5.32 Å². The third-order valence-electron chi connectivity index (χ3n) is 4.55. The van der Waals surface area contributed by atoms with E-state index in [0.29, 0.717) is 18.1 Å². The number of aliphatic hydroxyl groups is 1. The van der Waals surface area contributed by atoms with Crippen LogP contribution in [0.2, 0.25) is 5.02 Å². The standard InChI is InChI=1S/C23H23ClN2O3.ClH/c24-20-3-1-2-19(14-20)22(27)15-25-12-13-26-21-10-8-17(9-11-21)16-4-6-18(7-5-16)23(28)29;/h1-11,14,22,25-27H,12-13,15H2,(H,28,29);1H/t22-;/m1./s1. The Morgan fingerprint density at radius 3 is 2.17 bits per heavy atom. The Labute approximate surface area is 187 Å². The molecule has 0 saturated carbocycles. The molecule has 1 atom stereocenters. The van der Waals surface area contributed by atoms with Crippen molar-refractivity contribution < 1.29 is 15.0 Å². The maximum absolute atomic E-state index is 10.9. The number of hydrogen-bond acceptors (Lipinski definition) is 4. The molecule has 0 bridgehead atoms. The molecular formula is C23H24Cl2N2O3. The molecule has 30 heavy (non-hydrogen) atoms. The van der Waals surface area contributed by atoms with Crippen LogP contribution in [0.4, 0.5) is 5.69 Å². The molecule has 0 unspecified atom stereocenters. The fraction of sp³-hybridized carbons (Fsp3) is 0.174. The lowest BCUT2D eigenvalue weighted by Crippen LogP contribution is -2.26. The van der Waals surface area contributed by atoms with Crippen LogP contribution in [0.15, 0.2) is 72.8 Å². The molecule has 158 valence electrons. The molecule has 5 nitrogen and oxygen atoms in total. The average Bonchev–Trinajstić information content (AvgIpc) is 2.74. The quantitative estimate of drug-likeness (QED) is 0.352. The van der Waals surface area contributed by atoms with Gasteiger partial charge in [-0.25, -0.2) is 4.79 Å². The topological polar surface area (TPSA) is 81.6 Å². The molecule has 0 fully saturated rings. The Balaban J connectivity index is 0.00000320. The van der Waals surface area contributed by atoms with E-state index in [4.69, 9.17) is 16.7 Å². The highest BCUT2D eigenvalue weighted by atomic mass is 35.5. The van der Waals surface area contributed by atoms with E-state index in [-0.39, 0.29) is 18.0 Å². The van der Waals surface area contributed by atoms with Gasteiger partial charge in [0, 0.05) is 30.3 Å². The predicted molar refractivity (Wildman–Crippen MR) is 124 cm³/mol. The van der Waals surface area contributed by atoms with E-state index in [2.05, 4.69) is 10.6 Å². The molecule has 3 rings (SSSR count). The molecular weight excluding hydrogens is 423 g/mol. The molecule has 0 aliphatic heterocycles. The highest BCUT2D eigenvalue weighted by Crippen LogP contribution is 2.22. The number of nitrogens with one attached hydrogen (secondary N) is 2. The Hall–Kier alpha value is -2.57. The summed E-state index contributed by atoms with van der Waals surface area (Å²) in [6.07, 6.45) is -0.597. The first-order valence-corrected chi connectivity index (χ1v) is 9.72. The zero-order valence-corrected chi connectivity index (χ0v) is 17.8. The second-order valence-corrected chi connectivity index (χ2v) is 7.10. The molecule has 7 heteroatoms. The molecule has 0 amide bonds. The summed E-state index contributed by atoms with van der Waals surface area (Å²) in [5.41, 5.74) is 4.06. The van der Waals surface area contributed by atoms with Crippen molar-refractivity contribution >= 4 is 35.7 Å². The number of benzene rings is 3. The SMILES string of the molecule is Cl.O=C(O)c1ccc(-c2ccc(NCCNC[C@@H](O)c3cccc(Cl)c3)cc2)cc1. The van der Waals surface area contributed by atoms with Crippen molar-refractivity contribution in [3.8, 4) is 11.1 Å². The Bertz CT molecular complexity index is 947. The van der Waals surface area contributed by atoms with Crippen molar-refractivity contribution in [3.63, 3.8) is 0 Å². The molecule has 0 aromatic heterocycles. The molecule has 0 aliphatic carbocycles. The monoisotopic (exact) mass is 446 g/mol. The van der Waals surface area contributed by atoms with Gasteiger partial charge < -0.3 is 20.8 Å². The summed E-state index contributed by atoms with van der Waals surface area (Å²) in [4.78, 5) is 10.9. The lowest BCUT2D eigenvalue weighted by Gasteiger charge is -2.13. The average molecular weight is 447 g/mol. The van der Waals surface area contributed by atoms with Crippen molar-refractivity contribution in [2.24, 2.45) is 0 Å². The Morgan fingerprint density at radius 1 is 0.933 bits per heavy atom. The number of carboxylic acids is 1. The number of anilines is 1. The molecule has 0 radical (unpaired) electrons. The van der Waals surface area contributed by atoms with Crippen molar-refractivity contribution in [3.05, 3.63) is 88.9 Å². The summed E-state index contributed by atoms with van der Waals surface area (Å²) in [5, 5.41) is 26.3. The zero-order valence-electron chi connectivity index (χ0n) is 16.2. The molecule has 0 heterocycles. The van der Waals surface area contributed by atoms with Gasteiger partial charge in [-0.1, -0.05) is 48.0 Å². The summed E-state index contributed by atoms with van der Waals surface area (Å²) in [7, 11) is 0. The van der Waals surface area contributed by atoms with Gasteiger partial charge >= 0.3 is 5.97 Å². The third kappa shape index (κ3) is 6.75. The van der Waals surface area contributed by atoms with Crippen LogP contribution in [0.1, 0.15) is 22.0 Å². The second kappa shape index (κ2) is 11.6. The normalized spacial score (nSPS) is 11.4. The number of rotatable bonds is 9. The molecule has 3 aromatic carbocycles. The van der Waals surface area contributed by atoms with Crippen LogP contribution in [0.3, 0.4) is 0 Å². The van der Waals surface area contributed by atoms with Gasteiger partial charge in [0.25, 0.3) is 0 Å².